The van der Waals surface area contributed by atoms with Gasteiger partial charge in [0.15, 0.2) is 0 Å². The van der Waals surface area contributed by atoms with E-state index >= 15 is 0 Å². The fourth-order valence-corrected chi connectivity index (χ4v) is 2.52. The molecule has 0 saturated heterocycles. The second-order valence-corrected chi connectivity index (χ2v) is 5.47. The van der Waals surface area contributed by atoms with Crippen molar-refractivity contribution in [3.8, 4) is 0 Å². The number of benzene rings is 1. The van der Waals surface area contributed by atoms with Gasteiger partial charge in [0, 0.05) is 25.7 Å². The highest BCUT2D eigenvalue weighted by Gasteiger charge is 2.14. The molecule has 0 fully saturated rings. The summed E-state index contributed by atoms with van der Waals surface area (Å²) in [6.45, 7) is 8.71. The molecule has 1 N–H and O–H groups in total. The van der Waals surface area contributed by atoms with Crippen molar-refractivity contribution in [3.63, 3.8) is 0 Å². The van der Waals surface area contributed by atoms with Crippen molar-refractivity contribution in [3.05, 3.63) is 35.4 Å². The lowest BCUT2D eigenvalue weighted by molar-refractivity contribution is 0.174. The first-order valence-corrected chi connectivity index (χ1v) is 7.18. The molecule has 0 amide bonds. The van der Waals surface area contributed by atoms with Gasteiger partial charge in [0.2, 0.25) is 0 Å². The standard InChI is InChI=1S/C16H29N3/c1-6-19(14(2)12-18(4)5)13-16-10-8-7-9-15(16)11-17-3/h7-10,14,17H,6,11-13H2,1-5H3. The lowest BCUT2D eigenvalue weighted by Crippen LogP contribution is -2.39. The zero-order valence-electron chi connectivity index (χ0n) is 13.1. The Kier molecular flexibility index (Phi) is 7.06. The van der Waals surface area contributed by atoms with Gasteiger partial charge >= 0.3 is 0 Å². The van der Waals surface area contributed by atoms with Crippen LogP contribution >= 0.6 is 0 Å². The smallest absolute Gasteiger partial charge is 0.0240 e. The highest BCUT2D eigenvalue weighted by Crippen LogP contribution is 2.13. The van der Waals surface area contributed by atoms with Gasteiger partial charge in [-0.2, -0.15) is 0 Å². The summed E-state index contributed by atoms with van der Waals surface area (Å²) in [6.07, 6.45) is 0. The molecule has 1 aromatic rings. The highest BCUT2D eigenvalue weighted by molar-refractivity contribution is 5.27. The van der Waals surface area contributed by atoms with E-state index in [2.05, 4.69) is 67.3 Å². The summed E-state index contributed by atoms with van der Waals surface area (Å²) < 4.78 is 0. The summed E-state index contributed by atoms with van der Waals surface area (Å²) >= 11 is 0. The van der Waals surface area contributed by atoms with Gasteiger partial charge in [-0.25, -0.2) is 0 Å². The van der Waals surface area contributed by atoms with Gasteiger partial charge in [-0.15, -0.1) is 0 Å². The average molecular weight is 263 g/mol. The topological polar surface area (TPSA) is 18.5 Å². The van der Waals surface area contributed by atoms with Crippen LogP contribution < -0.4 is 5.32 Å². The zero-order chi connectivity index (χ0) is 14.3. The van der Waals surface area contributed by atoms with Crippen molar-refractivity contribution in [2.24, 2.45) is 0 Å². The Balaban J connectivity index is 2.74. The molecule has 1 atom stereocenters. The summed E-state index contributed by atoms with van der Waals surface area (Å²) in [4.78, 5) is 4.79. The molecule has 3 nitrogen and oxygen atoms in total. The summed E-state index contributed by atoms with van der Waals surface area (Å²) in [6, 6.07) is 9.30. The van der Waals surface area contributed by atoms with Crippen molar-refractivity contribution in [2.75, 3.05) is 34.2 Å². The van der Waals surface area contributed by atoms with Crippen LogP contribution in [0.5, 0.6) is 0 Å². The minimum absolute atomic E-state index is 0.572. The van der Waals surface area contributed by atoms with Crippen LogP contribution in [0.3, 0.4) is 0 Å². The number of nitrogens with one attached hydrogen (secondary N) is 1. The van der Waals surface area contributed by atoms with E-state index in [1.807, 2.05) is 7.05 Å². The Morgan fingerprint density at radius 1 is 1.16 bits per heavy atom. The first-order valence-electron chi connectivity index (χ1n) is 7.18. The van der Waals surface area contributed by atoms with Gasteiger partial charge in [-0.3, -0.25) is 4.90 Å². The molecule has 0 bridgehead atoms. The van der Waals surface area contributed by atoms with Gasteiger partial charge in [-0.05, 0) is 45.7 Å². The van der Waals surface area contributed by atoms with E-state index in [-0.39, 0.29) is 0 Å². The lowest BCUT2D eigenvalue weighted by Gasteiger charge is -2.30. The maximum absolute atomic E-state index is 3.25. The van der Waals surface area contributed by atoms with Crippen LogP contribution in [0.4, 0.5) is 0 Å². The van der Waals surface area contributed by atoms with E-state index < -0.39 is 0 Å². The number of hydrogen-bond acceptors (Lipinski definition) is 3. The average Bonchev–Trinajstić information content (AvgIpc) is 2.37. The maximum atomic E-state index is 3.25. The van der Waals surface area contributed by atoms with Crippen molar-refractivity contribution >= 4 is 0 Å². The maximum Gasteiger partial charge on any atom is 0.0240 e. The summed E-state index contributed by atoms with van der Waals surface area (Å²) in [7, 11) is 6.28. The Morgan fingerprint density at radius 3 is 2.32 bits per heavy atom. The molecule has 0 heterocycles. The summed E-state index contributed by atoms with van der Waals surface area (Å²) in [5.74, 6) is 0. The molecule has 1 unspecified atom stereocenters. The fourth-order valence-electron chi connectivity index (χ4n) is 2.52. The van der Waals surface area contributed by atoms with Gasteiger partial charge in [-0.1, -0.05) is 31.2 Å². The van der Waals surface area contributed by atoms with Crippen LogP contribution in [-0.2, 0) is 13.1 Å². The third-order valence-electron chi connectivity index (χ3n) is 3.52. The Labute approximate surface area is 118 Å². The summed E-state index contributed by atoms with van der Waals surface area (Å²) in [5.41, 5.74) is 2.84. The zero-order valence-corrected chi connectivity index (χ0v) is 13.1. The number of likely N-dealkylation sites (N-methyl/N-ethyl adjacent to an activating group) is 2. The molecule has 108 valence electrons. The third kappa shape index (κ3) is 5.31. The van der Waals surface area contributed by atoms with Gasteiger partial charge < -0.3 is 10.2 Å². The van der Waals surface area contributed by atoms with E-state index in [1.165, 1.54) is 11.1 Å². The third-order valence-corrected chi connectivity index (χ3v) is 3.52. The van der Waals surface area contributed by atoms with Crippen molar-refractivity contribution < 1.29 is 0 Å². The molecule has 1 aromatic carbocycles. The fraction of sp³-hybridized carbons (Fsp3) is 0.625. The van der Waals surface area contributed by atoms with Crippen LogP contribution in [-0.4, -0.2) is 50.1 Å². The van der Waals surface area contributed by atoms with Crippen LogP contribution in [0.25, 0.3) is 0 Å². The normalized spacial score (nSPS) is 13.2. The molecule has 0 saturated carbocycles. The second kappa shape index (κ2) is 8.31. The van der Waals surface area contributed by atoms with Gasteiger partial charge in [0.05, 0.1) is 0 Å². The van der Waals surface area contributed by atoms with E-state index in [0.717, 1.165) is 26.2 Å². The Morgan fingerprint density at radius 2 is 1.79 bits per heavy atom. The van der Waals surface area contributed by atoms with Crippen LogP contribution in [0.1, 0.15) is 25.0 Å². The largest absolute Gasteiger partial charge is 0.316 e. The van der Waals surface area contributed by atoms with Crippen LogP contribution in [0.2, 0.25) is 0 Å². The van der Waals surface area contributed by atoms with Gasteiger partial charge in [0.1, 0.15) is 0 Å². The molecule has 0 aliphatic rings. The predicted molar refractivity (Wildman–Crippen MR) is 83.3 cm³/mol. The minimum Gasteiger partial charge on any atom is -0.316 e. The van der Waals surface area contributed by atoms with Crippen LogP contribution in [0.15, 0.2) is 24.3 Å². The molecule has 1 rings (SSSR count). The van der Waals surface area contributed by atoms with E-state index in [0.29, 0.717) is 6.04 Å². The molecular weight excluding hydrogens is 234 g/mol. The second-order valence-electron chi connectivity index (χ2n) is 5.47. The van der Waals surface area contributed by atoms with Crippen LogP contribution in [0, 0.1) is 0 Å². The molecule has 0 aromatic heterocycles. The first-order chi connectivity index (χ1) is 9.08. The SMILES string of the molecule is CCN(Cc1ccccc1CNC)C(C)CN(C)C. The minimum atomic E-state index is 0.572. The molecule has 0 spiro atoms. The number of rotatable bonds is 8. The monoisotopic (exact) mass is 263 g/mol. The predicted octanol–water partition coefficient (Wildman–Crippen LogP) is 2.18. The molecule has 0 aliphatic carbocycles. The Bertz CT molecular complexity index is 363. The molecular formula is C16H29N3. The molecule has 0 aliphatic heterocycles. The number of hydrogen-bond donors (Lipinski definition) is 1. The summed E-state index contributed by atoms with van der Waals surface area (Å²) in [5, 5.41) is 3.25. The van der Waals surface area contributed by atoms with Gasteiger partial charge in [0.25, 0.3) is 0 Å². The van der Waals surface area contributed by atoms with Crippen molar-refractivity contribution in [1.82, 2.24) is 15.1 Å². The van der Waals surface area contributed by atoms with E-state index in [4.69, 9.17) is 0 Å². The molecule has 0 radical (unpaired) electrons. The quantitative estimate of drug-likeness (QED) is 0.775. The molecule has 19 heavy (non-hydrogen) atoms. The molecule has 3 heteroatoms. The first kappa shape index (κ1) is 16.2. The van der Waals surface area contributed by atoms with Crippen molar-refractivity contribution in [1.29, 1.82) is 0 Å². The van der Waals surface area contributed by atoms with E-state index in [9.17, 15) is 0 Å². The Hall–Kier alpha value is -0.900. The van der Waals surface area contributed by atoms with Crippen molar-refractivity contribution in [2.45, 2.75) is 33.0 Å². The number of nitrogens with zero attached hydrogens (tertiary/aromatic N) is 2. The van der Waals surface area contributed by atoms with E-state index in [1.54, 1.807) is 0 Å². The lowest BCUT2D eigenvalue weighted by atomic mass is 10.1. The highest BCUT2D eigenvalue weighted by atomic mass is 15.2.